The molecule has 0 amide bonds. The fourth-order valence-electron chi connectivity index (χ4n) is 2.00. The number of hydrogen-bond acceptors (Lipinski definition) is 3. The van der Waals surface area contributed by atoms with Crippen molar-refractivity contribution in [2.45, 2.75) is 12.0 Å². The lowest BCUT2D eigenvalue weighted by Gasteiger charge is -2.20. The lowest BCUT2D eigenvalue weighted by molar-refractivity contribution is 0.439. The van der Waals surface area contributed by atoms with Crippen LogP contribution >= 0.6 is 23.4 Å². The number of aliphatic imine (C=N–C) groups is 1. The van der Waals surface area contributed by atoms with Gasteiger partial charge in [0.05, 0.1) is 6.54 Å². The van der Waals surface area contributed by atoms with Crippen LogP contribution in [0.3, 0.4) is 0 Å². The summed E-state index contributed by atoms with van der Waals surface area (Å²) in [5, 5.41) is 1.10. The highest BCUT2D eigenvalue weighted by atomic mass is 35.5. The summed E-state index contributed by atoms with van der Waals surface area (Å²) in [6, 6.07) is 8.36. The Hall–Kier alpha value is -0.670. The molecule has 0 N–H and O–H groups in total. The van der Waals surface area contributed by atoms with E-state index in [0.717, 1.165) is 24.0 Å². The molecule has 1 atom stereocenters. The topological polar surface area (TPSA) is 15.6 Å². The van der Waals surface area contributed by atoms with E-state index in [2.05, 4.69) is 28.1 Å². The summed E-state index contributed by atoms with van der Waals surface area (Å²) in [4.78, 5) is 6.66. The van der Waals surface area contributed by atoms with Gasteiger partial charge in [0.25, 0.3) is 0 Å². The zero-order valence-corrected chi connectivity index (χ0v) is 9.76. The minimum atomic E-state index is -0.0365. The van der Waals surface area contributed by atoms with E-state index >= 15 is 0 Å². The van der Waals surface area contributed by atoms with Gasteiger partial charge in [-0.05, 0) is 11.1 Å². The lowest BCUT2D eigenvalue weighted by atomic mass is 10.1. The molecule has 0 radical (unpaired) electrons. The van der Waals surface area contributed by atoms with Crippen molar-refractivity contribution in [3.8, 4) is 0 Å². The van der Waals surface area contributed by atoms with Crippen molar-refractivity contribution in [1.29, 1.82) is 0 Å². The van der Waals surface area contributed by atoms with Gasteiger partial charge < -0.3 is 4.90 Å². The molecule has 1 unspecified atom stereocenters. The van der Waals surface area contributed by atoms with Crippen LogP contribution in [0.25, 0.3) is 0 Å². The first-order valence-electron chi connectivity index (χ1n) is 5.02. The Morgan fingerprint density at radius 1 is 1.40 bits per heavy atom. The second kappa shape index (κ2) is 3.72. The standard InChI is InChI=1S/C11H11ClN2S/c12-10-9-4-2-1-3-8(9)7-14(10)11-13-5-6-15-11/h1-4,10H,5-7H2. The van der Waals surface area contributed by atoms with Gasteiger partial charge in [-0.15, -0.1) is 0 Å². The molecule has 0 fully saturated rings. The molecule has 0 saturated heterocycles. The van der Waals surface area contributed by atoms with Gasteiger partial charge in [-0.3, -0.25) is 4.99 Å². The van der Waals surface area contributed by atoms with E-state index in [1.165, 1.54) is 11.1 Å². The molecule has 0 aliphatic carbocycles. The van der Waals surface area contributed by atoms with Crippen molar-refractivity contribution >= 4 is 28.5 Å². The van der Waals surface area contributed by atoms with Crippen LogP contribution in [0.1, 0.15) is 16.6 Å². The SMILES string of the molecule is ClC1c2ccccc2CN1C1=NCCS1. The lowest BCUT2D eigenvalue weighted by Crippen LogP contribution is -2.23. The molecule has 2 aliphatic heterocycles. The summed E-state index contributed by atoms with van der Waals surface area (Å²) in [5.41, 5.74) is 2.52. The van der Waals surface area contributed by atoms with Crippen molar-refractivity contribution in [2.75, 3.05) is 12.3 Å². The first-order chi connectivity index (χ1) is 7.36. The van der Waals surface area contributed by atoms with Gasteiger partial charge in [0.2, 0.25) is 0 Å². The van der Waals surface area contributed by atoms with Crippen LogP contribution in [0, 0.1) is 0 Å². The van der Waals surface area contributed by atoms with E-state index < -0.39 is 0 Å². The van der Waals surface area contributed by atoms with Gasteiger partial charge in [0.1, 0.15) is 5.50 Å². The van der Waals surface area contributed by atoms with Crippen LogP contribution in [0.5, 0.6) is 0 Å². The van der Waals surface area contributed by atoms with Crippen molar-refractivity contribution in [3.63, 3.8) is 0 Å². The maximum atomic E-state index is 6.42. The van der Waals surface area contributed by atoms with E-state index in [4.69, 9.17) is 11.6 Å². The average molecular weight is 239 g/mol. The molecule has 1 aromatic rings. The first-order valence-corrected chi connectivity index (χ1v) is 6.44. The Balaban J connectivity index is 1.92. The Morgan fingerprint density at radius 3 is 3.00 bits per heavy atom. The second-order valence-corrected chi connectivity index (χ2v) is 5.15. The summed E-state index contributed by atoms with van der Waals surface area (Å²) in [7, 11) is 0. The Labute approximate surface area is 98.3 Å². The number of thioether (sulfide) groups is 1. The quantitative estimate of drug-likeness (QED) is 0.510. The number of amidine groups is 1. The molecule has 0 saturated carbocycles. The van der Waals surface area contributed by atoms with Gasteiger partial charge in [0.15, 0.2) is 5.17 Å². The zero-order chi connectivity index (χ0) is 10.3. The van der Waals surface area contributed by atoms with E-state index in [0.29, 0.717) is 0 Å². The fourth-order valence-corrected chi connectivity index (χ4v) is 3.32. The van der Waals surface area contributed by atoms with Gasteiger partial charge in [0, 0.05) is 12.3 Å². The van der Waals surface area contributed by atoms with Crippen molar-refractivity contribution in [3.05, 3.63) is 35.4 Å². The minimum absolute atomic E-state index is 0.0365. The third kappa shape index (κ3) is 1.54. The van der Waals surface area contributed by atoms with Gasteiger partial charge in [-0.25, -0.2) is 0 Å². The van der Waals surface area contributed by atoms with Crippen molar-refractivity contribution < 1.29 is 0 Å². The number of nitrogens with zero attached hydrogens (tertiary/aromatic N) is 2. The smallest absolute Gasteiger partial charge is 0.161 e. The van der Waals surface area contributed by atoms with Crippen LogP contribution in [0.15, 0.2) is 29.3 Å². The van der Waals surface area contributed by atoms with Crippen LogP contribution in [-0.2, 0) is 6.54 Å². The Bertz CT molecular complexity index is 419. The van der Waals surface area contributed by atoms with Gasteiger partial charge >= 0.3 is 0 Å². The third-order valence-electron chi connectivity index (χ3n) is 2.74. The third-order valence-corrected chi connectivity index (χ3v) is 4.22. The first kappa shape index (κ1) is 9.55. The molecular weight excluding hydrogens is 228 g/mol. The maximum absolute atomic E-state index is 6.42. The largest absolute Gasteiger partial charge is 0.327 e. The monoisotopic (exact) mass is 238 g/mol. The number of hydrogen-bond donors (Lipinski definition) is 0. The molecule has 1 aromatic carbocycles. The van der Waals surface area contributed by atoms with Gasteiger partial charge in [-0.2, -0.15) is 0 Å². The highest BCUT2D eigenvalue weighted by Gasteiger charge is 2.31. The van der Waals surface area contributed by atoms with E-state index in [1.54, 1.807) is 11.8 Å². The van der Waals surface area contributed by atoms with Crippen LogP contribution in [0.2, 0.25) is 0 Å². The number of halogens is 1. The summed E-state index contributed by atoms with van der Waals surface area (Å²) in [6.07, 6.45) is 0. The molecule has 2 heterocycles. The minimum Gasteiger partial charge on any atom is -0.327 e. The average Bonchev–Trinajstić information content (AvgIpc) is 2.87. The van der Waals surface area contributed by atoms with Crippen LogP contribution in [0.4, 0.5) is 0 Å². The molecule has 0 spiro atoms. The molecule has 0 aromatic heterocycles. The highest BCUT2D eigenvalue weighted by Crippen LogP contribution is 2.38. The highest BCUT2D eigenvalue weighted by molar-refractivity contribution is 8.14. The number of benzene rings is 1. The van der Waals surface area contributed by atoms with Gasteiger partial charge in [-0.1, -0.05) is 47.6 Å². The molecule has 3 rings (SSSR count). The molecule has 2 aliphatic rings. The van der Waals surface area contributed by atoms with E-state index in [-0.39, 0.29) is 5.50 Å². The van der Waals surface area contributed by atoms with Crippen LogP contribution < -0.4 is 0 Å². The molecule has 15 heavy (non-hydrogen) atoms. The molecule has 78 valence electrons. The predicted molar refractivity (Wildman–Crippen MR) is 65.3 cm³/mol. The summed E-state index contributed by atoms with van der Waals surface area (Å²) in [6.45, 7) is 1.83. The molecule has 4 heteroatoms. The predicted octanol–water partition coefficient (Wildman–Crippen LogP) is 2.84. The molecular formula is C11H11ClN2S. The summed E-state index contributed by atoms with van der Waals surface area (Å²) in [5.74, 6) is 1.09. The normalized spacial score (nSPS) is 24.2. The second-order valence-electron chi connectivity index (χ2n) is 3.68. The number of rotatable bonds is 0. The van der Waals surface area contributed by atoms with Crippen molar-refractivity contribution in [2.24, 2.45) is 4.99 Å². The maximum Gasteiger partial charge on any atom is 0.161 e. The van der Waals surface area contributed by atoms with E-state index in [9.17, 15) is 0 Å². The summed E-state index contributed by atoms with van der Waals surface area (Å²) >= 11 is 8.23. The Morgan fingerprint density at radius 2 is 2.27 bits per heavy atom. The Kier molecular flexibility index (Phi) is 2.37. The molecule has 0 bridgehead atoms. The number of fused-ring (bicyclic) bond motifs is 1. The van der Waals surface area contributed by atoms with Crippen LogP contribution in [-0.4, -0.2) is 22.4 Å². The number of alkyl halides is 1. The fraction of sp³-hybridized carbons (Fsp3) is 0.364. The van der Waals surface area contributed by atoms with Crippen molar-refractivity contribution in [1.82, 2.24) is 4.90 Å². The molecule has 2 nitrogen and oxygen atoms in total. The zero-order valence-electron chi connectivity index (χ0n) is 8.19. The van der Waals surface area contributed by atoms with E-state index in [1.807, 2.05) is 6.07 Å². The summed E-state index contributed by atoms with van der Waals surface area (Å²) < 4.78 is 0.